The highest BCUT2D eigenvalue weighted by atomic mass is 32.2. The predicted octanol–water partition coefficient (Wildman–Crippen LogP) is 1.95. The fourth-order valence-corrected chi connectivity index (χ4v) is 5.05. The van der Waals surface area contributed by atoms with Gasteiger partial charge in [0.15, 0.2) is 0 Å². The zero-order valence-corrected chi connectivity index (χ0v) is 11.4. The number of anilines is 1. The number of hydrogen-bond donors (Lipinski definition) is 1. The van der Waals surface area contributed by atoms with Crippen LogP contribution in [0.1, 0.15) is 12.8 Å². The molecule has 0 aliphatic carbocycles. The molecule has 8 heteroatoms. The first kappa shape index (κ1) is 12.6. The Balaban J connectivity index is 2.17. The molecule has 2 heterocycles. The van der Waals surface area contributed by atoms with Crippen LogP contribution in [0.15, 0.2) is 39.4 Å². The van der Waals surface area contributed by atoms with Crippen LogP contribution in [0.25, 0.3) is 0 Å². The summed E-state index contributed by atoms with van der Waals surface area (Å²) in [4.78, 5) is 0.00431. The molecule has 0 amide bonds. The van der Waals surface area contributed by atoms with E-state index in [1.54, 1.807) is 24.6 Å². The minimum absolute atomic E-state index is 0.381. The first-order valence-electron chi connectivity index (χ1n) is 5.62. The Bertz CT molecular complexity index is 656. The maximum atomic E-state index is 11.8. The van der Waals surface area contributed by atoms with Gasteiger partial charge in [0.25, 0.3) is 0 Å². The number of nitrogens with zero attached hydrogens (tertiary/aromatic N) is 3. The summed E-state index contributed by atoms with van der Waals surface area (Å²) in [5.41, 5.74) is 0.499. The van der Waals surface area contributed by atoms with Gasteiger partial charge >= 0.3 is 10.3 Å². The van der Waals surface area contributed by atoms with Crippen LogP contribution >= 0.6 is 11.8 Å². The lowest BCUT2D eigenvalue weighted by Crippen LogP contribution is -2.47. The third kappa shape index (κ3) is 2.05. The fraction of sp³-hybridized carbons (Fsp3) is 0.273. The van der Waals surface area contributed by atoms with Gasteiger partial charge in [0.1, 0.15) is 4.87 Å². The van der Waals surface area contributed by atoms with E-state index in [2.05, 4.69) is 10.2 Å². The first-order chi connectivity index (χ1) is 9.03. The van der Waals surface area contributed by atoms with E-state index in [9.17, 15) is 13.0 Å². The second-order valence-electron chi connectivity index (χ2n) is 4.26. The van der Waals surface area contributed by atoms with E-state index >= 15 is 0 Å². The molecule has 0 bridgehead atoms. The van der Waals surface area contributed by atoms with E-state index in [-0.39, 0.29) is 0 Å². The molecule has 19 heavy (non-hydrogen) atoms. The summed E-state index contributed by atoms with van der Waals surface area (Å²) >= 11 is 1.41. The van der Waals surface area contributed by atoms with Crippen LogP contribution in [0.5, 0.6) is 0 Å². The van der Waals surface area contributed by atoms with Crippen molar-refractivity contribution < 1.29 is 13.0 Å². The van der Waals surface area contributed by atoms with Gasteiger partial charge in [-0.15, -0.1) is 0 Å². The molecule has 2 aliphatic heterocycles. The van der Waals surface area contributed by atoms with Crippen LogP contribution < -0.4 is 4.31 Å². The summed E-state index contributed by atoms with van der Waals surface area (Å²) in [5, 5.41) is 7.59. The molecule has 0 fully saturated rings. The van der Waals surface area contributed by atoms with Crippen LogP contribution in [0.4, 0.5) is 5.69 Å². The number of benzene rings is 1. The van der Waals surface area contributed by atoms with Crippen LogP contribution in [-0.4, -0.2) is 30.3 Å². The molecule has 1 spiro atoms. The number of rotatable bonds is 1. The Morgan fingerprint density at radius 2 is 1.84 bits per heavy atom. The molecule has 100 valence electrons. The minimum Gasteiger partial charge on any atom is -0.269 e. The van der Waals surface area contributed by atoms with Gasteiger partial charge in [0.05, 0.1) is 5.69 Å². The highest BCUT2D eigenvalue weighted by molar-refractivity contribution is 8.02. The van der Waals surface area contributed by atoms with Gasteiger partial charge in [-0.25, -0.2) is 4.31 Å². The summed E-state index contributed by atoms with van der Waals surface area (Å²) in [6.45, 7) is 0. The van der Waals surface area contributed by atoms with E-state index in [1.165, 1.54) is 11.8 Å². The summed E-state index contributed by atoms with van der Waals surface area (Å²) in [6.07, 6.45) is 3.90. The summed E-state index contributed by atoms with van der Waals surface area (Å²) in [6, 6.07) is 7.11. The van der Waals surface area contributed by atoms with Crippen molar-refractivity contribution in [2.75, 3.05) is 4.31 Å². The Morgan fingerprint density at radius 3 is 2.47 bits per heavy atom. The number of fused-ring (bicyclic) bond motifs is 1. The average molecular weight is 297 g/mol. The van der Waals surface area contributed by atoms with Crippen LogP contribution in [-0.2, 0) is 10.3 Å². The van der Waals surface area contributed by atoms with E-state index in [4.69, 9.17) is 0 Å². The topological polar surface area (TPSA) is 82.3 Å². The summed E-state index contributed by atoms with van der Waals surface area (Å²) < 4.78 is 34.2. The standard InChI is InChI=1S/C11H11N3O3S2/c15-19(16,17)14-9-3-1-2-4-10(9)18-11(14)5-7-12-13-8-6-11/h1-4,7-8H,5-6H2,(H,15,16,17). The molecular formula is C11H11N3O3S2. The molecule has 0 saturated heterocycles. The van der Waals surface area contributed by atoms with Crippen molar-refractivity contribution in [3.63, 3.8) is 0 Å². The van der Waals surface area contributed by atoms with Crippen LogP contribution in [0.3, 0.4) is 0 Å². The molecule has 3 rings (SSSR count). The zero-order valence-electron chi connectivity index (χ0n) is 9.80. The monoisotopic (exact) mass is 297 g/mol. The molecule has 1 aromatic rings. The number of thioether (sulfide) groups is 1. The molecule has 2 aliphatic rings. The first-order valence-corrected chi connectivity index (χ1v) is 7.83. The number of para-hydroxylation sites is 1. The maximum absolute atomic E-state index is 11.8. The van der Waals surface area contributed by atoms with Gasteiger partial charge < -0.3 is 0 Å². The second-order valence-corrected chi connectivity index (χ2v) is 6.93. The van der Waals surface area contributed by atoms with Crippen molar-refractivity contribution in [1.82, 2.24) is 0 Å². The van der Waals surface area contributed by atoms with Crippen molar-refractivity contribution in [2.45, 2.75) is 22.6 Å². The molecule has 1 N–H and O–H groups in total. The molecule has 0 unspecified atom stereocenters. The Hall–Kier alpha value is -1.38. The number of hydrogen-bond acceptors (Lipinski definition) is 5. The van der Waals surface area contributed by atoms with Gasteiger partial charge in [-0.2, -0.15) is 18.6 Å². The van der Waals surface area contributed by atoms with E-state index in [1.807, 2.05) is 12.1 Å². The van der Waals surface area contributed by atoms with E-state index < -0.39 is 15.2 Å². The lowest BCUT2D eigenvalue weighted by molar-refractivity contribution is 0.466. The van der Waals surface area contributed by atoms with Crippen molar-refractivity contribution in [1.29, 1.82) is 0 Å². The fourth-order valence-electron chi connectivity index (χ4n) is 2.31. The van der Waals surface area contributed by atoms with Gasteiger partial charge in [0.2, 0.25) is 0 Å². The molecular weight excluding hydrogens is 286 g/mol. The third-order valence-electron chi connectivity index (χ3n) is 3.04. The van der Waals surface area contributed by atoms with Gasteiger partial charge in [-0.3, -0.25) is 4.55 Å². The smallest absolute Gasteiger partial charge is 0.269 e. The quantitative estimate of drug-likeness (QED) is 0.803. The zero-order chi connectivity index (χ0) is 13.5. The third-order valence-corrected chi connectivity index (χ3v) is 5.62. The molecule has 6 nitrogen and oxygen atoms in total. The highest BCUT2D eigenvalue weighted by Gasteiger charge is 2.49. The average Bonchev–Trinajstić information content (AvgIpc) is 2.49. The lowest BCUT2D eigenvalue weighted by Gasteiger charge is -2.33. The van der Waals surface area contributed by atoms with Crippen molar-refractivity contribution in [2.24, 2.45) is 10.2 Å². The summed E-state index contributed by atoms with van der Waals surface area (Å²) in [7, 11) is -4.35. The largest absolute Gasteiger partial charge is 0.361 e. The van der Waals surface area contributed by atoms with Crippen molar-refractivity contribution in [3.05, 3.63) is 24.3 Å². The molecule has 1 aromatic carbocycles. The molecule has 0 saturated carbocycles. The van der Waals surface area contributed by atoms with Crippen LogP contribution in [0.2, 0.25) is 0 Å². The van der Waals surface area contributed by atoms with Gasteiger partial charge in [-0.05, 0) is 12.1 Å². The van der Waals surface area contributed by atoms with Gasteiger partial charge in [-0.1, -0.05) is 23.9 Å². The highest BCUT2D eigenvalue weighted by Crippen LogP contribution is 2.54. The molecule has 0 radical (unpaired) electrons. The van der Waals surface area contributed by atoms with Crippen molar-refractivity contribution in [3.8, 4) is 0 Å². The summed E-state index contributed by atoms with van der Waals surface area (Å²) in [5.74, 6) is 0. The SMILES string of the molecule is O=S(=O)(O)N1c2ccccc2SC12CC=NN=CC2. The normalized spacial score (nSPS) is 20.6. The molecule has 0 aromatic heterocycles. The Morgan fingerprint density at radius 1 is 1.21 bits per heavy atom. The Labute approximate surface area is 115 Å². The lowest BCUT2D eigenvalue weighted by atomic mass is 10.1. The maximum Gasteiger partial charge on any atom is 0.361 e. The van der Waals surface area contributed by atoms with E-state index in [0.717, 1.165) is 9.20 Å². The van der Waals surface area contributed by atoms with Gasteiger partial charge in [0, 0.05) is 30.2 Å². The molecule has 0 atom stereocenters. The Kier molecular flexibility index (Phi) is 2.88. The van der Waals surface area contributed by atoms with E-state index in [0.29, 0.717) is 18.5 Å². The van der Waals surface area contributed by atoms with Crippen LogP contribution in [0, 0.1) is 0 Å². The second kappa shape index (κ2) is 4.32. The minimum atomic E-state index is -4.35. The predicted molar refractivity (Wildman–Crippen MR) is 75.3 cm³/mol. The van der Waals surface area contributed by atoms with Crippen molar-refractivity contribution >= 4 is 40.2 Å².